The Morgan fingerprint density at radius 3 is 2.34 bits per heavy atom. The Morgan fingerprint density at radius 1 is 1.16 bits per heavy atom. The normalized spacial score (nSPS) is 15.2. The second-order valence-electron chi connectivity index (χ2n) is 10.5. The van der Waals surface area contributed by atoms with E-state index in [1.54, 1.807) is 6.20 Å². The van der Waals surface area contributed by atoms with Gasteiger partial charge in [-0.25, -0.2) is 0 Å². The highest BCUT2D eigenvalue weighted by molar-refractivity contribution is 8.28. The molecule has 214 valence electrons. The highest BCUT2D eigenvalue weighted by atomic mass is 32.8. The zero-order chi connectivity index (χ0) is 28.6. The summed E-state index contributed by atoms with van der Waals surface area (Å²) in [6.45, 7) is 17.1. The van der Waals surface area contributed by atoms with Crippen LogP contribution in [-0.4, -0.2) is 16.5 Å². The van der Waals surface area contributed by atoms with Crippen LogP contribution in [0.15, 0.2) is 54.1 Å². The lowest BCUT2D eigenvalue weighted by Crippen LogP contribution is -2.14. The van der Waals surface area contributed by atoms with Crippen molar-refractivity contribution < 1.29 is 4.74 Å². The van der Waals surface area contributed by atoms with Gasteiger partial charge < -0.3 is 10.1 Å². The van der Waals surface area contributed by atoms with E-state index in [1.807, 2.05) is 19.9 Å². The molecular formula is C32H53N3OS2. The maximum Gasteiger partial charge on any atom is 0.125 e. The van der Waals surface area contributed by atoms with Crippen molar-refractivity contribution in [3.05, 3.63) is 65.3 Å². The Morgan fingerprint density at radius 2 is 1.84 bits per heavy atom. The predicted molar refractivity (Wildman–Crippen MR) is 173 cm³/mol. The van der Waals surface area contributed by atoms with Gasteiger partial charge in [0.1, 0.15) is 17.3 Å². The van der Waals surface area contributed by atoms with Crippen LogP contribution >= 0.6 is 0 Å². The average Bonchev–Trinajstić information content (AvgIpc) is 3.59. The lowest BCUT2D eigenvalue weighted by molar-refractivity contribution is 0.186. The van der Waals surface area contributed by atoms with Gasteiger partial charge >= 0.3 is 0 Å². The van der Waals surface area contributed by atoms with Crippen molar-refractivity contribution in [2.75, 3.05) is 11.6 Å². The fourth-order valence-corrected chi connectivity index (χ4v) is 5.61. The van der Waals surface area contributed by atoms with Crippen molar-refractivity contribution in [1.82, 2.24) is 10.2 Å². The van der Waals surface area contributed by atoms with Crippen LogP contribution in [0.25, 0.3) is 0 Å². The molecule has 1 fully saturated rings. The summed E-state index contributed by atoms with van der Waals surface area (Å²) >= 11 is 5.36. The van der Waals surface area contributed by atoms with Gasteiger partial charge in [0, 0.05) is 28.8 Å². The third-order valence-corrected chi connectivity index (χ3v) is 7.33. The molecule has 1 aromatic carbocycles. The average molecular weight is 560 g/mol. The number of aromatic nitrogens is 2. The number of nitrogens with zero attached hydrogens (tertiary/aromatic N) is 1. The van der Waals surface area contributed by atoms with E-state index in [0.717, 1.165) is 42.3 Å². The van der Waals surface area contributed by atoms with E-state index >= 15 is 0 Å². The zero-order valence-electron chi connectivity index (χ0n) is 25.4. The van der Waals surface area contributed by atoms with Crippen LogP contribution in [0.1, 0.15) is 105 Å². The number of H-pyrrole nitrogens is 1. The SMILES string of the molecule is C/C=C(\O/C(=C/CC)C1CCCC1)C(C)(C)C.CC.CCCc1ccc(Nc2ccn[nH]2)cc1CS(C)=S. The Balaban J connectivity index is 0.000000359. The number of rotatable bonds is 10. The van der Waals surface area contributed by atoms with Gasteiger partial charge in [-0.05, 0) is 74.3 Å². The van der Waals surface area contributed by atoms with Gasteiger partial charge in [-0.1, -0.05) is 85.0 Å². The molecule has 6 heteroatoms. The Bertz CT molecular complexity index is 998. The minimum atomic E-state index is 0.00802. The Kier molecular flexibility index (Phi) is 16.5. The zero-order valence-corrected chi connectivity index (χ0v) is 27.1. The van der Waals surface area contributed by atoms with E-state index in [-0.39, 0.29) is 14.9 Å². The number of hydrogen-bond acceptors (Lipinski definition) is 4. The summed E-state index contributed by atoms with van der Waals surface area (Å²) in [4.78, 5) is 0. The first-order valence-corrected chi connectivity index (χ1v) is 17.1. The molecule has 38 heavy (non-hydrogen) atoms. The third kappa shape index (κ3) is 12.3. The third-order valence-electron chi connectivity index (χ3n) is 6.26. The highest BCUT2D eigenvalue weighted by Gasteiger charge is 2.25. The Labute approximate surface area is 240 Å². The molecule has 1 aromatic heterocycles. The quantitative estimate of drug-likeness (QED) is 0.284. The minimum absolute atomic E-state index is 0.00802. The van der Waals surface area contributed by atoms with Gasteiger partial charge in [-0.2, -0.15) is 5.10 Å². The fraction of sp³-hybridized carbons (Fsp3) is 0.594. The van der Waals surface area contributed by atoms with Crippen LogP contribution in [0.3, 0.4) is 0 Å². The summed E-state index contributed by atoms with van der Waals surface area (Å²) in [5.74, 6) is 4.86. The number of anilines is 2. The summed E-state index contributed by atoms with van der Waals surface area (Å²) in [7, 11) is 0.00802. The molecule has 0 radical (unpaired) electrons. The number of nitrogens with one attached hydrogen (secondary N) is 2. The summed E-state index contributed by atoms with van der Waals surface area (Å²) in [5, 5.41) is 10.2. The van der Waals surface area contributed by atoms with E-state index in [1.165, 1.54) is 42.6 Å². The van der Waals surface area contributed by atoms with Crippen molar-refractivity contribution in [2.45, 2.75) is 106 Å². The molecule has 0 aliphatic heterocycles. The molecule has 0 amide bonds. The van der Waals surface area contributed by atoms with Gasteiger partial charge in [0.2, 0.25) is 0 Å². The summed E-state index contributed by atoms with van der Waals surface area (Å²) < 4.78 is 6.21. The number of ether oxygens (including phenoxy) is 1. The van der Waals surface area contributed by atoms with Gasteiger partial charge in [0.05, 0.1) is 6.20 Å². The standard InChI is InChI=1S/C16H28O.C14H19N3S2.C2H6/c1-6-10-14(13-11-8-9-12-13)17-15(7-2)16(3,4)5;1-3-4-11-5-6-13(9-12(11)10-19(2)18)16-14-7-8-15-17-14;1-2/h7,10,13H,6,8-9,11-12H2,1-5H3;5-9H,3-4,10H2,1-2H3,(H2,15,16,17);1-2H3/b14-10+,15-7-;;. The molecule has 1 aliphatic rings. The molecule has 1 unspecified atom stereocenters. The minimum Gasteiger partial charge on any atom is -0.466 e. The molecule has 1 aliphatic carbocycles. The van der Waals surface area contributed by atoms with Crippen LogP contribution in [0.4, 0.5) is 11.5 Å². The van der Waals surface area contributed by atoms with Crippen molar-refractivity contribution in [3.63, 3.8) is 0 Å². The van der Waals surface area contributed by atoms with Gasteiger partial charge in [0.15, 0.2) is 0 Å². The van der Waals surface area contributed by atoms with E-state index in [0.29, 0.717) is 5.92 Å². The fourth-order valence-electron chi connectivity index (χ4n) is 4.53. The maximum atomic E-state index is 6.21. The molecule has 2 N–H and O–H groups in total. The van der Waals surface area contributed by atoms with Gasteiger partial charge in [-0.3, -0.25) is 5.10 Å². The van der Waals surface area contributed by atoms with Crippen molar-refractivity contribution in [3.8, 4) is 0 Å². The lowest BCUT2D eigenvalue weighted by Gasteiger charge is -2.26. The van der Waals surface area contributed by atoms with Crippen molar-refractivity contribution >= 4 is 32.1 Å². The van der Waals surface area contributed by atoms with Gasteiger partial charge in [0.25, 0.3) is 0 Å². The van der Waals surface area contributed by atoms with Crippen LogP contribution in [0.2, 0.25) is 0 Å². The van der Waals surface area contributed by atoms with Crippen LogP contribution in [0.5, 0.6) is 0 Å². The Hall–Kier alpha value is -1.92. The van der Waals surface area contributed by atoms with Crippen molar-refractivity contribution in [1.29, 1.82) is 0 Å². The molecule has 0 saturated heterocycles. The summed E-state index contributed by atoms with van der Waals surface area (Å²) in [6, 6.07) is 8.45. The van der Waals surface area contributed by atoms with Crippen LogP contribution < -0.4 is 5.32 Å². The number of aromatic amines is 1. The van der Waals surface area contributed by atoms with Crippen molar-refractivity contribution in [2.24, 2.45) is 11.3 Å². The predicted octanol–water partition coefficient (Wildman–Crippen LogP) is 9.78. The first-order valence-electron chi connectivity index (χ1n) is 14.4. The second-order valence-corrected chi connectivity index (χ2v) is 13.7. The topological polar surface area (TPSA) is 49.9 Å². The smallest absolute Gasteiger partial charge is 0.125 e. The van der Waals surface area contributed by atoms with E-state index in [9.17, 15) is 0 Å². The molecule has 0 spiro atoms. The number of benzene rings is 1. The highest BCUT2D eigenvalue weighted by Crippen LogP contribution is 2.36. The van der Waals surface area contributed by atoms with E-state index in [4.69, 9.17) is 15.9 Å². The maximum absolute atomic E-state index is 6.21. The molecule has 4 nitrogen and oxygen atoms in total. The van der Waals surface area contributed by atoms with Gasteiger partial charge in [-0.15, -0.1) is 9.45 Å². The largest absolute Gasteiger partial charge is 0.466 e. The lowest BCUT2D eigenvalue weighted by atomic mass is 9.93. The molecule has 2 aromatic rings. The molecule has 1 heterocycles. The molecule has 1 atom stereocenters. The molecule has 1 saturated carbocycles. The van der Waals surface area contributed by atoms with E-state index < -0.39 is 0 Å². The van der Waals surface area contributed by atoms with Crippen LogP contribution in [0, 0.1) is 11.3 Å². The first-order chi connectivity index (χ1) is 18.2. The number of aryl methyl sites for hydroxylation is 1. The summed E-state index contributed by atoms with van der Waals surface area (Å²) in [5.41, 5.74) is 3.97. The first kappa shape index (κ1) is 34.1. The number of hydrogen-bond donors (Lipinski definition) is 2. The second kappa shape index (κ2) is 18.4. The molecule has 3 rings (SSSR count). The molecule has 0 bridgehead atoms. The number of allylic oxidation sites excluding steroid dienone is 4. The van der Waals surface area contributed by atoms with Crippen LogP contribution in [-0.2, 0) is 37.6 Å². The monoisotopic (exact) mass is 559 g/mol. The summed E-state index contributed by atoms with van der Waals surface area (Å²) in [6.07, 6.45) is 16.9. The van der Waals surface area contributed by atoms with E-state index in [2.05, 4.69) is 93.7 Å². The molecular weight excluding hydrogens is 507 g/mol.